The Bertz CT molecular complexity index is 217. The van der Waals surface area contributed by atoms with Crippen LogP contribution in [0.1, 0.15) is 6.92 Å². The quantitative estimate of drug-likeness (QED) is 0.529. The maximum absolute atomic E-state index is 12.1. The molecule has 0 heterocycles. The van der Waals surface area contributed by atoms with Gasteiger partial charge < -0.3 is 4.74 Å². The van der Waals surface area contributed by atoms with Crippen molar-refractivity contribution in [2.24, 2.45) is 0 Å². The number of halogens is 7. The lowest BCUT2D eigenvalue weighted by Gasteiger charge is -2.26. The Kier molecular flexibility index (Phi) is 3.41. The van der Waals surface area contributed by atoms with Crippen LogP contribution in [0.2, 0.25) is 0 Å². The molecule has 0 amide bonds. The molecule has 0 radical (unpaired) electrons. The van der Waals surface area contributed by atoms with E-state index < -0.39 is 18.2 Å². The van der Waals surface area contributed by atoms with E-state index in [-0.39, 0.29) is 6.26 Å². The molecule has 0 spiro atoms. The molecule has 0 atom stereocenters. The second-order valence-corrected chi connectivity index (χ2v) is 2.18. The molecular weight excluding hydrogens is 221 g/mol. The molecular formula is C6H5F7O. The van der Waals surface area contributed by atoms with Crippen LogP contribution in [0.3, 0.4) is 0 Å². The van der Waals surface area contributed by atoms with Gasteiger partial charge in [0, 0.05) is 0 Å². The van der Waals surface area contributed by atoms with Crippen LogP contribution in [0.4, 0.5) is 30.7 Å². The molecule has 0 N–H and O–H groups in total. The molecule has 0 bridgehead atoms. The second kappa shape index (κ2) is 3.66. The topological polar surface area (TPSA) is 9.23 Å². The highest BCUT2D eigenvalue weighted by Gasteiger charge is 2.75. The lowest BCUT2D eigenvalue weighted by Crippen LogP contribution is -2.52. The number of rotatable bonds is 3. The van der Waals surface area contributed by atoms with Gasteiger partial charge in [-0.15, -0.1) is 0 Å². The highest BCUT2D eigenvalue weighted by molar-refractivity contribution is 4.86. The average molecular weight is 226 g/mol. The van der Waals surface area contributed by atoms with E-state index in [0.29, 0.717) is 0 Å². The summed E-state index contributed by atoms with van der Waals surface area (Å²) in [6, 6.07) is 0. The average Bonchev–Trinajstić information content (AvgIpc) is 1.98. The summed E-state index contributed by atoms with van der Waals surface area (Å²) in [5.41, 5.74) is 0. The van der Waals surface area contributed by atoms with Gasteiger partial charge in [-0.05, 0) is 6.92 Å². The van der Waals surface area contributed by atoms with Gasteiger partial charge in [0.05, 0.1) is 6.26 Å². The van der Waals surface area contributed by atoms with Gasteiger partial charge in [0.1, 0.15) is 0 Å². The Labute approximate surface area is 74.1 Å². The van der Waals surface area contributed by atoms with Crippen LogP contribution in [0.5, 0.6) is 0 Å². The number of alkyl halides is 7. The molecule has 0 aliphatic rings. The smallest absolute Gasteiger partial charge is 0.436 e. The molecule has 0 aliphatic heterocycles. The zero-order valence-electron chi connectivity index (χ0n) is 6.71. The third-order valence-corrected chi connectivity index (χ3v) is 1.07. The minimum absolute atomic E-state index is 0.0552. The van der Waals surface area contributed by atoms with Crippen molar-refractivity contribution in [3.63, 3.8) is 0 Å². The van der Waals surface area contributed by atoms with Crippen LogP contribution >= 0.6 is 0 Å². The summed E-state index contributed by atoms with van der Waals surface area (Å²) >= 11 is 0. The lowest BCUT2D eigenvalue weighted by atomic mass is 10.3. The number of hydrogen-bond acceptors (Lipinski definition) is 1. The highest BCUT2D eigenvalue weighted by atomic mass is 19.4. The van der Waals surface area contributed by atoms with E-state index in [1.165, 1.54) is 0 Å². The van der Waals surface area contributed by atoms with Crippen molar-refractivity contribution in [2.75, 3.05) is 0 Å². The second-order valence-electron chi connectivity index (χ2n) is 2.18. The van der Waals surface area contributed by atoms with E-state index in [1.54, 1.807) is 0 Å². The van der Waals surface area contributed by atoms with E-state index in [2.05, 4.69) is 4.74 Å². The molecule has 14 heavy (non-hydrogen) atoms. The van der Waals surface area contributed by atoms with Crippen molar-refractivity contribution in [1.82, 2.24) is 0 Å². The van der Waals surface area contributed by atoms with E-state index >= 15 is 0 Å². The summed E-state index contributed by atoms with van der Waals surface area (Å²) in [5.74, 6) is -6.22. The van der Waals surface area contributed by atoms with Crippen molar-refractivity contribution >= 4 is 0 Å². The standard InChI is InChI=1S/C6H5F7O/c1-2-3-14-6(12,13)4(7,8)5(9,10)11/h2-3H,1H3. The van der Waals surface area contributed by atoms with Crippen LogP contribution in [-0.4, -0.2) is 18.2 Å². The van der Waals surface area contributed by atoms with Gasteiger partial charge in [-0.1, -0.05) is 6.08 Å². The number of ether oxygens (including phenoxy) is 1. The van der Waals surface area contributed by atoms with Gasteiger partial charge in [-0.25, -0.2) is 0 Å². The van der Waals surface area contributed by atoms with Crippen LogP contribution in [0, 0.1) is 0 Å². The normalized spacial score (nSPS) is 14.9. The van der Waals surface area contributed by atoms with Gasteiger partial charge in [-0.2, -0.15) is 30.7 Å². The minimum atomic E-state index is -6.36. The molecule has 0 saturated heterocycles. The predicted octanol–water partition coefficient (Wildman–Crippen LogP) is 3.33. The van der Waals surface area contributed by atoms with Gasteiger partial charge >= 0.3 is 18.2 Å². The van der Waals surface area contributed by atoms with Crippen molar-refractivity contribution in [2.45, 2.75) is 25.1 Å². The molecule has 84 valence electrons. The largest absolute Gasteiger partial charge is 0.473 e. The van der Waals surface area contributed by atoms with Crippen LogP contribution in [-0.2, 0) is 4.74 Å². The summed E-state index contributed by atoms with van der Waals surface area (Å²) in [6.45, 7) is 1.11. The number of allylic oxidation sites excluding steroid dienone is 1. The molecule has 1 nitrogen and oxygen atoms in total. The highest BCUT2D eigenvalue weighted by Crippen LogP contribution is 2.46. The molecule has 0 rings (SSSR count). The van der Waals surface area contributed by atoms with Crippen molar-refractivity contribution in [3.05, 3.63) is 12.3 Å². The van der Waals surface area contributed by atoms with Crippen molar-refractivity contribution < 1.29 is 35.5 Å². The van der Waals surface area contributed by atoms with Crippen molar-refractivity contribution in [1.29, 1.82) is 0 Å². The van der Waals surface area contributed by atoms with Gasteiger partial charge in [0.15, 0.2) is 0 Å². The van der Waals surface area contributed by atoms with Gasteiger partial charge in [-0.3, -0.25) is 0 Å². The molecule has 0 saturated carbocycles. The fraction of sp³-hybridized carbons (Fsp3) is 0.667. The predicted molar refractivity (Wildman–Crippen MR) is 31.8 cm³/mol. The summed E-state index contributed by atoms with van der Waals surface area (Å²) in [6.07, 6.45) is -11.2. The molecule has 0 aromatic carbocycles. The summed E-state index contributed by atoms with van der Waals surface area (Å²) in [7, 11) is 0. The van der Waals surface area contributed by atoms with Crippen LogP contribution < -0.4 is 0 Å². The Morgan fingerprint density at radius 3 is 1.64 bits per heavy atom. The maximum Gasteiger partial charge on any atom is 0.473 e. The molecule has 0 aliphatic carbocycles. The monoisotopic (exact) mass is 226 g/mol. The van der Waals surface area contributed by atoms with Crippen LogP contribution in [0.25, 0.3) is 0 Å². The Balaban J connectivity index is 4.87. The summed E-state index contributed by atoms with van der Waals surface area (Å²) in [4.78, 5) is 0. The maximum atomic E-state index is 12.1. The minimum Gasteiger partial charge on any atom is -0.436 e. The molecule has 0 unspecified atom stereocenters. The summed E-state index contributed by atoms with van der Waals surface area (Å²) < 4.78 is 85.5. The fourth-order valence-electron chi connectivity index (χ4n) is 0.393. The van der Waals surface area contributed by atoms with Crippen LogP contribution in [0.15, 0.2) is 12.3 Å². The van der Waals surface area contributed by atoms with E-state index in [1.807, 2.05) is 0 Å². The first-order valence-corrected chi connectivity index (χ1v) is 3.17. The SMILES string of the molecule is CC=COC(F)(F)C(F)(F)C(F)(F)F. The molecule has 0 aromatic rings. The first-order chi connectivity index (χ1) is 6.06. The Hall–Kier alpha value is -0.950. The first-order valence-electron chi connectivity index (χ1n) is 3.17. The van der Waals surface area contributed by atoms with Crippen molar-refractivity contribution in [3.8, 4) is 0 Å². The van der Waals surface area contributed by atoms with E-state index in [4.69, 9.17) is 0 Å². The van der Waals surface area contributed by atoms with E-state index in [9.17, 15) is 30.7 Å². The van der Waals surface area contributed by atoms with Gasteiger partial charge in [0.2, 0.25) is 0 Å². The number of hydrogen-bond donors (Lipinski definition) is 0. The lowest BCUT2D eigenvalue weighted by molar-refractivity contribution is -0.412. The third kappa shape index (κ3) is 2.30. The first kappa shape index (κ1) is 13.0. The Morgan fingerprint density at radius 2 is 1.36 bits per heavy atom. The molecule has 0 aromatic heterocycles. The molecule has 0 fully saturated rings. The fourth-order valence-corrected chi connectivity index (χ4v) is 0.393. The van der Waals surface area contributed by atoms with E-state index in [0.717, 1.165) is 13.0 Å². The third-order valence-electron chi connectivity index (χ3n) is 1.07. The van der Waals surface area contributed by atoms with Gasteiger partial charge in [0.25, 0.3) is 0 Å². The zero-order chi connectivity index (χ0) is 11.6. The molecule has 8 heteroatoms. The zero-order valence-corrected chi connectivity index (χ0v) is 6.71. The summed E-state index contributed by atoms with van der Waals surface area (Å²) in [5, 5.41) is 0. The Morgan fingerprint density at radius 1 is 0.929 bits per heavy atom.